The van der Waals surface area contributed by atoms with Crippen LogP contribution in [0, 0.1) is 5.82 Å². The van der Waals surface area contributed by atoms with E-state index in [9.17, 15) is 9.50 Å². The first-order valence-electron chi connectivity index (χ1n) is 5.79. The summed E-state index contributed by atoms with van der Waals surface area (Å²) >= 11 is 8.86. The normalized spacial score (nSPS) is 12.2. The number of nitrogen functional groups attached to an aromatic ring is 1. The van der Waals surface area contributed by atoms with E-state index in [4.69, 9.17) is 22.1 Å². The lowest BCUT2D eigenvalue weighted by Gasteiger charge is -2.15. The fourth-order valence-electron chi connectivity index (χ4n) is 1.69. The molecule has 0 amide bonds. The van der Waals surface area contributed by atoms with Crippen LogP contribution in [0.3, 0.4) is 0 Å². The third-order valence-corrected chi connectivity index (χ3v) is 3.64. The number of hydrogen-bond donors (Lipinski definition) is 2. The van der Waals surface area contributed by atoms with E-state index < -0.39 is 11.9 Å². The number of hydrogen-bond acceptors (Lipinski definition) is 3. The zero-order chi connectivity index (χ0) is 14.7. The first kappa shape index (κ1) is 15.1. The molecule has 0 aromatic heterocycles. The zero-order valence-electron chi connectivity index (χ0n) is 10.3. The fraction of sp³-hybridized carbons (Fsp3) is 0.143. The minimum Gasteiger partial charge on any atom is -0.489 e. The first-order chi connectivity index (χ1) is 9.49. The summed E-state index contributed by atoms with van der Waals surface area (Å²) in [7, 11) is 0. The molecule has 106 valence electrons. The van der Waals surface area contributed by atoms with Gasteiger partial charge in [-0.05, 0) is 28.1 Å². The lowest BCUT2D eigenvalue weighted by molar-refractivity contribution is 0.108. The van der Waals surface area contributed by atoms with Crippen molar-refractivity contribution in [2.24, 2.45) is 0 Å². The Labute approximate surface area is 129 Å². The Hall–Kier alpha value is -1.30. The molecule has 3 nitrogen and oxygen atoms in total. The molecule has 2 aromatic rings. The van der Waals surface area contributed by atoms with Crippen LogP contribution in [-0.4, -0.2) is 11.7 Å². The van der Waals surface area contributed by atoms with E-state index in [1.165, 1.54) is 6.07 Å². The van der Waals surface area contributed by atoms with Gasteiger partial charge in [-0.1, -0.05) is 29.8 Å². The summed E-state index contributed by atoms with van der Waals surface area (Å²) in [5, 5.41) is 10.0. The molecule has 0 aliphatic carbocycles. The van der Waals surface area contributed by atoms with Crippen molar-refractivity contribution in [3.05, 3.63) is 57.3 Å². The van der Waals surface area contributed by atoms with Crippen molar-refractivity contribution in [1.82, 2.24) is 0 Å². The van der Waals surface area contributed by atoms with Gasteiger partial charge in [-0.2, -0.15) is 0 Å². The van der Waals surface area contributed by atoms with Gasteiger partial charge in [0.05, 0.1) is 9.50 Å². The molecule has 20 heavy (non-hydrogen) atoms. The molecule has 0 aliphatic rings. The van der Waals surface area contributed by atoms with E-state index in [-0.39, 0.29) is 17.4 Å². The van der Waals surface area contributed by atoms with Gasteiger partial charge in [0.25, 0.3) is 0 Å². The standard InChI is InChI=1S/C14H12BrClFNO2/c15-9-5-10(16)11(17)6-14(9)20-7-13(19)8-3-1-2-4-12(8)18/h1-6,13,19H,7,18H2. The molecule has 1 unspecified atom stereocenters. The van der Waals surface area contributed by atoms with Gasteiger partial charge in [0.1, 0.15) is 24.3 Å². The van der Waals surface area contributed by atoms with Crippen molar-refractivity contribution >= 4 is 33.2 Å². The number of aliphatic hydroxyl groups is 1. The highest BCUT2D eigenvalue weighted by molar-refractivity contribution is 9.10. The number of ether oxygens (including phenoxy) is 1. The average molecular weight is 361 g/mol. The van der Waals surface area contributed by atoms with Crippen LogP contribution in [0.2, 0.25) is 5.02 Å². The summed E-state index contributed by atoms with van der Waals surface area (Å²) in [6.07, 6.45) is -0.901. The Bertz CT molecular complexity index is 624. The molecule has 0 fully saturated rings. The van der Waals surface area contributed by atoms with Crippen molar-refractivity contribution in [1.29, 1.82) is 0 Å². The van der Waals surface area contributed by atoms with Crippen LogP contribution in [0.25, 0.3) is 0 Å². The molecule has 3 N–H and O–H groups in total. The summed E-state index contributed by atoms with van der Waals surface area (Å²) in [4.78, 5) is 0. The SMILES string of the molecule is Nc1ccccc1C(O)COc1cc(F)c(Cl)cc1Br. The predicted octanol–water partition coefficient (Wildman–Crippen LogP) is 3.94. The molecule has 0 saturated carbocycles. The highest BCUT2D eigenvalue weighted by Gasteiger charge is 2.13. The van der Waals surface area contributed by atoms with Gasteiger partial charge in [0.15, 0.2) is 0 Å². The van der Waals surface area contributed by atoms with Crippen molar-refractivity contribution < 1.29 is 14.2 Å². The van der Waals surface area contributed by atoms with E-state index in [2.05, 4.69) is 15.9 Å². The van der Waals surface area contributed by atoms with E-state index in [0.717, 1.165) is 6.07 Å². The molecule has 0 heterocycles. The maximum atomic E-state index is 13.4. The summed E-state index contributed by atoms with van der Waals surface area (Å²) in [5.74, 6) is -0.320. The van der Waals surface area contributed by atoms with Crippen molar-refractivity contribution in [3.8, 4) is 5.75 Å². The number of anilines is 1. The van der Waals surface area contributed by atoms with Crippen LogP contribution in [0.5, 0.6) is 5.75 Å². The Kier molecular flexibility index (Phi) is 4.86. The quantitative estimate of drug-likeness (QED) is 0.641. The fourth-order valence-corrected chi connectivity index (χ4v) is 2.44. The van der Waals surface area contributed by atoms with Gasteiger partial charge < -0.3 is 15.6 Å². The highest BCUT2D eigenvalue weighted by atomic mass is 79.9. The largest absolute Gasteiger partial charge is 0.489 e. The summed E-state index contributed by atoms with van der Waals surface area (Å²) in [6, 6.07) is 9.50. The molecular formula is C14H12BrClFNO2. The van der Waals surface area contributed by atoms with E-state index in [1.807, 2.05) is 0 Å². The molecule has 2 rings (SSSR count). The second kappa shape index (κ2) is 6.43. The van der Waals surface area contributed by atoms with E-state index in [1.54, 1.807) is 24.3 Å². The summed E-state index contributed by atoms with van der Waals surface area (Å²) < 4.78 is 19.3. The Morgan fingerprint density at radius 2 is 2.05 bits per heavy atom. The van der Waals surface area contributed by atoms with Crippen LogP contribution in [-0.2, 0) is 0 Å². The third kappa shape index (κ3) is 3.42. The summed E-state index contributed by atoms with van der Waals surface area (Å²) in [6.45, 7) is -0.0477. The molecule has 0 bridgehead atoms. The molecule has 0 saturated heterocycles. The van der Waals surface area contributed by atoms with Gasteiger partial charge in [-0.15, -0.1) is 0 Å². The molecule has 1 atom stereocenters. The van der Waals surface area contributed by atoms with Gasteiger partial charge in [0.2, 0.25) is 0 Å². The molecule has 6 heteroatoms. The smallest absolute Gasteiger partial charge is 0.145 e. The van der Waals surface area contributed by atoms with Crippen LogP contribution in [0.4, 0.5) is 10.1 Å². The monoisotopic (exact) mass is 359 g/mol. The third-order valence-electron chi connectivity index (χ3n) is 2.73. The Morgan fingerprint density at radius 3 is 2.75 bits per heavy atom. The minimum atomic E-state index is -0.901. The van der Waals surface area contributed by atoms with Crippen LogP contribution < -0.4 is 10.5 Å². The Morgan fingerprint density at radius 1 is 1.35 bits per heavy atom. The Balaban J connectivity index is 2.09. The maximum absolute atomic E-state index is 13.4. The van der Waals surface area contributed by atoms with Gasteiger partial charge in [-0.3, -0.25) is 0 Å². The number of aliphatic hydroxyl groups excluding tert-OH is 1. The lowest BCUT2D eigenvalue weighted by Crippen LogP contribution is -2.11. The molecule has 0 radical (unpaired) electrons. The van der Waals surface area contributed by atoms with Crippen molar-refractivity contribution in [2.45, 2.75) is 6.10 Å². The predicted molar refractivity (Wildman–Crippen MR) is 80.4 cm³/mol. The number of nitrogens with two attached hydrogens (primary N) is 1. The number of benzene rings is 2. The van der Waals surface area contributed by atoms with E-state index >= 15 is 0 Å². The topological polar surface area (TPSA) is 55.5 Å². The maximum Gasteiger partial charge on any atom is 0.145 e. The average Bonchev–Trinajstić information content (AvgIpc) is 2.41. The summed E-state index contributed by atoms with van der Waals surface area (Å²) in [5.41, 5.74) is 6.81. The highest BCUT2D eigenvalue weighted by Crippen LogP contribution is 2.31. The first-order valence-corrected chi connectivity index (χ1v) is 6.96. The van der Waals surface area contributed by atoms with Crippen LogP contribution in [0.1, 0.15) is 11.7 Å². The number of para-hydroxylation sites is 1. The van der Waals surface area contributed by atoms with Crippen molar-refractivity contribution in [3.63, 3.8) is 0 Å². The van der Waals surface area contributed by atoms with Crippen molar-refractivity contribution in [2.75, 3.05) is 12.3 Å². The minimum absolute atomic E-state index is 0.00271. The second-order valence-corrected chi connectivity index (χ2v) is 5.41. The van der Waals surface area contributed by atoms with Gasteiger partial charge in [0, 0.05) is 17.3 Å². The van der Waals surface area contributed by atoms with Crippen LogP contribution in [0.15, 0.2) is 40.9 Å². The van der Waals surface area contributed by atoms with Gasteiger partial charge >= 0.3 is 0 Å². The lowest BCUT2D eigenvalue weighted by atomic mass is 10.1. The van der Waals surface area contributed by atoms with E-state index in [0.29, 0.717) is 15.7 Å². The van der Waals surface area contributed by atoms with Crippen LogP contribution >= 0.6 is 27.5 Å². The molecule has 0 aliphatic heterocycles. The number of rotatable bonds is 4. The second-order valence-electron chi connectivity index (χ2n) is 4.15. The molecule has 2 aromatic carbocycles. The molecule has 0 spiro atoms. The zero-order valence-corrected chi connectivity index (χ0v) is 12.7. The number of halogens is 3. The molecular weight excluding hydrogens is 349 g/mol. The van der Waals surface area contributed by atoms with Gasteiger partial charge in [-0.25, -0.2) is 4.39 Å².